The van der Waals surface area contributed by atoms with Crippen LogP contribution in [0.1, 0.15) is 59.8 Å². The van der Waals surface area contributed by atoms with Crippen molar-refractivity contribution in [2.24, 2.45) is 5.92 Å². The summed E-state index contributed by atoms with van der Waals surface area (Å²) in [7, 11) is 0. The minimum absolute atomic E-state index is 0.0833. The van der Waals surface area contributed by atoms with Gasteiger partial charge in [-0.25, -0.2) is 9.59 Å². The van der Waals surface area contributed by atoms with Crippen molar-refractivity contribution in [1.29, 1.82) is 0 Å². The van der Waals surface area contributed by atoms with Gasteiger partial charge in [-0.1, -0.05) is 13.3 Å². The first kappa shape index (κ1) is 20.3. The topological polar surface area (TPSA) is 95.9 Å². The number of carbonyl (C=O) groups excluding carboxylic acids is 2. The van der Waals surface area contributed by atoms with Crippen molar-refractivity contribution in [3.63, 3.8) is 0 Å². The zero-order chi connectivity index (χ0) is 18.3. The Hall–Kier alpha value is -1.79. The van der Waals surface area contributed by atoms with Gasteiger partial charge in [0.05, 0.1) is 0 Å². The number of likely N-dealkylation sites (tertiary alicyclic amines) is 1. The summed E-state index contributed by atoms with van der Waals surface area (Å²) < 4.78 is 5.14. The number of carboxylic acid groups (broad SMARTS) is 1. The first-order chi connectivity index (χ1) is 11.1. The molecule has 0 unspecified atom stereocenters. The summed E-state index contributed by atoms with van der Waals surface area (Å²) in [6, 6.07) is -0.672. The van der Waals surface area contributed by atoms with Crippen molar-refractivity contribution in [3.8, 4) is 0 Å². The van der Waals surface area contributed by atoms with Gasteiger partial charge in [0, 0.05) is 19.0 Å². The molecule has 0 bridgehead atoms. The molecule has 2 N–H and O–H groups in total. The summed E-state index contributed by atoms with van der Waals surface area (Å²) in [6.07, 6.45) is 3.06. The molecule has 0 spiro atoms. The molecular weight excluding hydrogens is 312 g/mol. The number of hydrogen-bond donors (Lipinski definition) is 2. The summed E-state index contributed by atoms with van der Waals surface area (Å²) in [5.74, 6) is -1.21. The minimum atomic E-state index is -0.922. The molecule has 138 valence electrons. The second kappa shape index (κ2) is 8.89. The highest BCUT2D eigenvalue weighted by molar-refractivity contribution is 5.85. The highest BCUT2D eigenvalue weighted by atomic mass is 16.6. The quantitative estimate of drug-likeness (QED) is 0.693. The molecule has 24 heavy (non-hydrogen) atoms. The molecule has 0 aromatic carbocycles. The Balaban J connectivity index is 2.24. The first-order valence-corrected chi connectivity index (χ1v) is 8.62. The van der Waals surface area contributed by atoms with Crippen LogP contribution < -0.4 is 5.32 Å². The molecule has 0 aromatic rings. The zero-order valence-corrected chi connectivity index (χ0v) is 15.1. The van der Waals surface area contributed by atoms with E-state index in [-0.39, 0.29) is 11.8 Å². The van der Waals surface area contributed by atoms with E-state index in [0.29, 0.717) is 25.9 Å². The third-order valence-electron chi connectivity index (χ3n) is 3.97. The number of ether oxygens (including phenoxy) is 1. The van der Waals surface area contributed by atoms with E-state index < -0.39 is 23.7 Å². The van der Waals surface area contributed by atoms with Crippen LogP contribution in [0.3, 0.4) is 0 Å². The van der Waals surface area contributed by atoms with E-state index in [4.69, 9.17) is 9.84 Å². The van der Waals surface area contributed by atoms with Crippen LogP contribution in [0, 0.1) is 5.92 Å². The van der Waals surface area contributed by atoms with Gasteiger partial charge in [-0.15, -0.1) is 0 Å². The summed E-state index contributed by atoms with van der Waals surface area (Å²) in [4.78, 5) is 36.5. The molecule has 2 amide bonds. The smallest absolute Gasteiger partial charge is 0.407 e. The Bertz CT molecular complexity index is 458. The maximum Gasteiger partial charge on any atom is 0.407 e. The number of unbranched alkanes of at least 4 members (excludes halogenated alkanes) is 1. The lowest BCUT2D eigenvalue weighted by molar-refractivity contribution is -0.149. The zero-order valence-electron chi connectivity index (χ0n) is 15.1. The van der Waals surface area contributed by atoms with E-state index in [9.17, 15) is 14.4 Å². The number of nitrogens with one attached hydrogen (secondary N) is 1. The van der Waals surface area contributed by atoms with E-state index in [1.54, 1.807) is 0 Å². The number of carboxylic acids is 1. The van der Waals surface area contributed by atoms with Gasteiger partial charge in [-0.05, 0) is 46.5 Å². The van der Waals surface area contributed by atoms with Gasteiger partial charge in [0.2, 0.25) is 5.91 Å². The van der Waals surface area contributed by atoms with Gasteiger partial charge >= 0.3 is 12.1 Å². The molecule has 1 aliphatic rings. The summed E-state index contributed by atoms with van der Waals surface area (Å²) in [6.45, 7) is 8.28. The summed E-state index contributed by atoms with van der Waals surface area (Å²) in [5, 5.41) is 11.8. The monoisotopic (exact) mass is 342 g/mol. The van der Waals surface area contributed by atoms with Crippen molar-refractivity contribution in [2.75, 3.05) is 13.1 Å². The standard InChI is InChI=1S/C17H30N2O5/c1-12(14(20)19-11-7-9-13(19)15(21)22)8-5-6-10-18-16(23)24-17(2,3)4/h12-13H,5-11H2,1-4H3,(H,18,23)(H,21,22)/t12-,13-/m0/s1. The molecule has 0 saturated carbocycles. The van der Waals surface area contributed by atoms with Crippen LogP contribution >= 0.6 is 0 Å². The number of rotatable bonds is 7. The van der Waals surface area contributed by atoms with Gasteiger partial charge in [0.15, 0.2) is 0 Å². The maximum absolute atomic E-state index is 12.4. The largest absolute Gasteiger partial charge is 0.480 e. The molecule has 1 fully saturated rings. The Labute approximate surface area is 143 Å². The van der Waals surface area contributed by atoms with Crippen LogP contribution in [-0.2, 0) is 14.3 Å². The minimum Gasteiger partial charge on any atom is -0.480 e. The lowest BCUT2D eigenvalue weighted by Crippen LogP contribution is -2.43. The van der Waals surface area contributed by atoms with E-state index in [0.717, 1.165) is 19.3 Å². The fraction of sp³-hybridized carbons (Fsp3) is 0.824. The molecule has 0 radical (unpaired) electrons. The van der Waals surface area contributed by atoms with Crippen LogP contribution in [0.25, 0.3) is 0 Å². The van der Waals surface area contributed by atoms with E-state index in [2.05, 4.69) is 5.32 Å². The van der Waals surface area contributed by atoms with Crippen molar-refractivity contribution < 1.29 is 24.2 Å². The fourth-order valence-electron chi connectivity index (χ4n) is 2.77. The lowest BCUT2D eigenvalue weighted by Gasteiger charge is -2.25. The Morgan fingerprint density at radius 2 is 1.96 bits per heavy atom. The normalized spacial score (nSPS) is 19.0. The summed E-state index contributed by atoms with van der Waals surface area (Å²) in [5.41, 5.74) is -0.512. The number of alkyl carbamates (subject to hydrolysis) is 1. The molecule has 7 heteroatoms. The van der Waals surface area contributed by atoms with Crippen molar-refractivity contribution in [3.05, 3.63) is 0 Å². The number of amides is 2. The molecule has 1 aliphatic heterocycles. The predicted molar refractivity (Wildman–Crippen MR) is 89.6 cm³/mol. The average molecular weight is 342 g/mol. The average Bonchev–Trinajstić information content (AvgIpc) is 2.93. The Kier molecular flexibility index (Phi) is 7.51. The van der Waals surface area contributed by atoms with E-state index >= 15 is 0 Å². The Morgan fingerprint density at radius 3 is 2.54 bits per heavy atom. The second-order valence-electron chi connectivity index (χ2n) is 7.35. The third-order valence-corrected chi connectivity index (χ3v) is 3.97. The highest BCUT2D eigenvalue weighted by Gasteiger charge is 2.35. The molecule has 0 aliphatic carbocycles. The molecular formula is C17H30N2O5. The summed E-state index contributed by atoms with van der Waals surface area (Å²) >= 11 is 0. The van der Waals surface area contributed by atoms with Crippen LogP contribution in [-0.4, -0.2) is 52.7 Å². The maximum atomic E-state index is 12.4. The predicted octanol–water partition coefficient (Wildman–Crippen LogP) is 2.39. The van der Waals surface area contributed by atoms with Crippen LogP contribution in [0.2, 0.25) is 0 Å². The number of aliphatic carboxylic acids is 1. The van der Waals surface area contributed by atoms with Crippen molar-refractivity contribution in [2.45, 2.75) is 71.4 Å². The number of carbonyl (C=O) groups is 3. The molecule has 0 aromatic heterocycles. The highest BCUT2D eigenvalue weighted by Crippen LogP contribution is 2.22. The second-order valence-corrected chi connectivity index (χ2v) is 7.35. The van der Waals surface area contributed by atoms with Gasteiger partial charge in [-0.3, -0.25) is 4.79 Å². The van der Waals surface area contributed by atoms with Crippen LogP contribution in [0.15, 0.2) is 0 Å². The molecule has 1 saturated heterocycles. The van der Waals surface area contributed by atoms with Crippen LogP contribution in [0.4, 0.5) is 4.79 Å². The molecule has 2 atom stereocenters. The van der Waals surface area contributed by atoms with Gasteiger partial charge in [0.25, 0.3) is 0 Å². The van der Waals surface area contributed by atoms with Gasteiger partial charge in [0.1, 0.15) is 11.6 Å². The first-order valence-electron chi connectivity index (χ1n) is 8.62. The van der Waals surface area contributed by atoms with Crippen molar-refractivity contribution >= 4 is 18.0 Å². The third kappa shape index (κ3) is 6.76. The Morgan fingerprint density at radius 1 is 1.29 bits per heavy atom. The van der Waals surface area contributed by atoms with Gasteiger partial charge in [-0.2, -0.15) is 0 Å². The molecule has 7 nitrogen and oxygen atoms in total. The van der Waals surface area contributed by atoms with Crippen LogP contribution in [0.5, 0.6) is 0 Å². The SMILES string of the molecule is C[C@@H](CCCCNC(=O)OC(C)(C)C)C(=O)N1CCC[C@H]1C(=O)O. The number of hydrogen-bond acceptors (Lipinski definition) is 4. The molecule has 1 heterocycles. The van der Waals surface area contributed by atoms with Gasteiger partial charge < -0.3 is 20.1 Å². The van der Waals surface area contributed by atoms with E-state index in [1.807, 2.05) is 27.7 Å². The van der Waals surface area contributed by atoms with Crippen molar-refractivity contribution in [1.82, 2.24) is 10.2 Å². The molecule has 1 rings (SSSR count). The lowest BCUT2D eigenvalue weighted by atomic mass is 10.0. The van der Waals surface area contributed by atoms with E-state index in [1.165, 1.54) is 4.90 Å². The fourth-order valence-corrected chi connectivity index (χ4v) is 2.77. The number of nitrogens with zero attached hydrogens (tertiary/aromatic N) is 1.